The Bertz CT molecular complexity index is 1300. The van der Waals surface area contributed by atoms with Crippen molar-refractivity contribution in [2.24, 2.45) is 5.92 Å². The normalized spacial score (nSPS) is 30.0. The van der Waals surface area contributed by atoms with Gasteiger partial charge in [0, 0.05) is 35.6 Å². The zero-order valence-electron chi connectivity index (χ0n) is 20.1. The van der Waals surface area contributed by atoms with Crippen molar-refractivity contribution >= 4 is 5.91 Å². The SMILES string of the molecule is CN1CC[C@]23c4c5ccc(O)c4O[C@H]2[C@@H](N(C)C(=O)C#Cc2ccc(C(F)(F)F)cc2)CC[C@H]3[C@H]1C5. The molecular formula is C28H27F3N2O3. The molecule has 2 fully saturated rings. The topological polar surface area (TPSA) is 53.0 Å². The quantitative estimate of drug-likeness (QED) is 0.608. The number of halogens is 3. The van der Waals surface area contributed by atoms with Gasteiger partial charge in [-0.3, -0.25) is 4.79 Å². The number of hydrogen-bond donors (Lipinski definition) is 1. The number of likely N-dealkylation sites (N-methyl/N-ethyl adjacent to an activating group) is 2. The number of ether oxygens (including phenoxy) is 1. The third kappa shape index (κ3) is 3.25. The van der Waals surface area contributed by atoms with Crippen molar-refractivity contribution in [1.82, 2.24) is 9.80 Å². The molecule has 8 heteroatoms. The molecule has 1 N–H and O–H groups in total. The van der Waals surface area contributed by atoms with Crippen LogP contribution in [0, 0.1) is 17.8 Å². The molecule has 5 nitrogen and oxygen atoms in total. The Labute approximate surface area is 207 Å². The molecule has 2 heterocycles. The van der Waals surface area contributed by atoms with Gasteiger partial charge in [0.1, 0.15) is 6.10 Å². The number of phenolic OH excluding ortho intramolecular Hbond substituents is 1. The molecule has 0 aromatic heterocycles. The van der Waals surface area contributed by atoms with Crippen molar-refractivity contribution in [3.63, 3.8) is 0 Å². The van der Waals surface area contributed by atoms with Gasteiger partial charge in [0.25, 0.3) is 5.91 Å². The van der Waals surface area contributed by atoms with Gasteiger partial charge in [-0.2, -0.15) is 13.2 Å². The molecule has 2 aliphatic carbocycles. The van der Waals surface area contributed by atoms with E-state index >= 15 is 0 Å². The Balaban J connectivity index is 1.30. The zero-order valence-corrected chi connectivity index (χ0v) is 20.1. The van der Waals surface area contributed by atoms with E-state index < -0.39 is 17.6 Å². The summed E-state index contributed by atoms with van der Waals surface area (Å²) in [4.78, 5) is 17.2. The molecule has 188 valence electrons. The Hall–Kier alpha value is -3.18. The minimum Gasteiger partial charge on any atom is -0.504 e. The molecule has 2 aromatic carbocycles. The van der Waals surface area contributed by atoms with E-state index in [-0.39, 0.29) is 23.3 Å². The molecule has 6 rings (SSSR count). The van der Waals surface area contributed by atoms with E-state index in [1.807, 2.05) is 6.07 Å². The van der Waals surface area contributed by atoms with Gasteiger partial charge in [-0.15, -0.1) is 0 Å². The Kier molecular flexibility index (Phi) is 5.10. The van der Waals surface area contributed by atoms with Crippen LogP contribution in [0.15, 0.2) is 36.4 Å². The highest BCUT2D eigenvalue weighted by molar-refractivity contribution is 5.94. The molecule has 1 amide bonds. The third-order valence-corrected chi connectivity index (χ3v) is 8.91. The molecule has 1 saturated carbocycles. The van der Waals surface area contributed by atoms with E-state index in [0.29, 0.717) is 23.3 Å². The standard InChI is InChI=1S/C28H27F3N2O3/c1-32-14-13-27-19-9-10-20(26(27)36-25-22(34)11-6-17(24(25)27)15-21(19)32)33(2)23(35)12-5-16-3-7-18(8-4-16)28(29,30)31/h3-4,6-8,11,19-21,26,34H,9-10,13-15H2,1-2H3/t19-,20-,21+,26-,27-/m0/s1. The van der Waals surface area contributed by atoms with Crippen LogP contribution in [0.2, 0.25) is 0 Å². The van der Waals surface area contributed by atoms with Crippen LogP contribution in [-0.2, 0) is 22.8 Å². The van der Waals surface area contributed by atoms with E-state index in [4.69, 9.17) is 4.74 Å². The maximum absolute atomic E-state index is 13.1. The summed E-state index contributed by atoms with van der Waals surface area (Å²) in [5.74, 6) is 6.00. The molecule has 36 heavy (non-hydrogen) atoms. The molecule has 0 unspecified atom stereocenters. The second-order valence-corrected chi connectivity index (χ2v) is 10.5. The molecule has 4 aliphatic rings. The van der Waals surface area contributed by atoms with Gasteiger partial charge < -0.3 is 19.6 Å². The number of nitrogens with zero attached hydrogens (tertiary/aromatic N) is 2. The van der Waals surface area contributed by atoms with Crippen LogP contribution in [0.5, 0.6) is 11.5 Å². The van der Waals surface area contributed by atoms with Crippen molar-refractivity contribution in [2.75, 3.05) is 20.6 Å². The lowest BCUT2D eigenvalue weighted by molar-refractivity contribution is -0.137. The Morgan fingerprint density at radius 1 is 1.19 bits per heavy atom. The lowest BCUT2D eigenvalue weighted by Gasteiger charge is -2.59. The minimum atomic E-state index is -4.42. The predicted molar refractivity (Wildman–Crippen MR) is 127 cm³/mol. The zero-order chi connectivity index (χ0) is 25.4. The van der Waals surface area contributed by atoms with Crippen LogP contribution >= 0.6 is 0 Å². The average Bonchev–Trinajstić information content (AvgIpc) is 3.21. The maximum Gasteiger partial charge on any atom is 0.416 e. The van der Waals surface area contributed by atoms with Gasteiger partial charge in [-0.1, -0.05) is 12.0 Å². The lowest BCUT2D eigenvalue weighted by Crippen LogP contribution is -2.68. The fourth-order valence-electron chi connectivity index (χ4n) is 7.21. The van der Waals surface area contributed by atoms with E-state index in [9.17, 15) is 23.1 Å². The number of amides is 1. The highest BCUT2D eigenvalue weighted by atomic mass is 19.4. The molecule has 0 radical (unpaired) electrons. The van der Waals surface area contributed by atoms with E-state index in [1.165, 1.54) is 17.7 Å². The lowest BCUT2D eigenvalue weighted by atomic mass is 9.51. The second kappa shape index (κ2) is 7.91. The van der Waals surface area contributed by atoms with Gasteiger partial charge in [-0.05, 0) is 81.1 Å². The molecular weight excluding hydrogens is 469 g/mol. The fourth-order valence-corrected chi connectivity index (χ4v) is 7.21. The van der Waals surface area contributed by atoms with E-state index in [0.717, 1.165) is 49.9 Å². The minimum absolute atomic E-state index is 0.142. The van der Waals surface area contributed by atoms with Gasteiger partial charge in [-0.25, -0.2) is 0 Å². The van der Waals surface area contributed by atoms with Crippen LogP contribution in [0.25, 0.3) is 0 Å². The number of benzene rings is 2. The summed E-state index contributed by atoms with van der Waals surface area (Å²) < 4.78 is 45.0. The Morgan fingerprint density at radius 3 is 2.67 bits per heavy atom. The molecule has 2 bridgehead atoms. The monoisotopic (exact) mass is 496 g/mol. The van der Waals surface area contributed by atoms with Gasteiger partial charge in [0.2, 0.25) is 0 Å². The second-order valence-electron chi connectivity index (χ2n) is 10.5. The number of likely N-dealkylation sites (tertiary alicyclic amines) is 1. The third-order valence-electron chi connectivity index (χ3n) is 8.91. The predicted octanol–water partition coefficient (Wildman–Crippen LogP) is 3.96. The summed E-state index contributed by atoms with van der Waals surface area (Å²) in [6.45, 7) is 0.924. The summed E-state index contributed by atoms with van der Waals surface area (Å²) in [5, 5.41) is 10.7. The van der Waals surface area contributed by atoms with Crippen LogP contribution in [0.4, 0.5) is 13.2 Å². The molecule has 2 aliphatic heterocycles. The summed E-state index contributed by atoms with van der Waals surface area (Å²) >= 11 is 0. The summed E-state index contributed by atoms with van der Waals surface area (Å²) in [5.41, 5.74) is 1.68. The summed E-state index contributed by atoms with van der Waals surface area (Å²) in [7, 11) is 3.89. The highest BCUT2D eigenvalue weighted by Gasteiger charge is 2.66. The highest BCUT2D eigenvalue weighted by Crippen LogP contribution is 2.64. The first-order valence-corrected chi connectivity index (χ1v) is 12.3. The number of carbonyl (C=O) groups is 1. The van der Waals surface area contributed by atoms with Crippen molar-refractivity contribution < 1.29 is 27.8 Å². The van der Waals surface area contributed by atoms with Crippen LogP contribution in [-0.4, -0.2) is 59.6 Å². The van der Waals surface area contributed by atoms with Gasteiger partial charge in [0.05, 0.1) is 11.6 Å². The van der Waals surface area contributed by atoms with Gasteiger partial charge in [0.15, 0.2) is 11.5 Å². The number of piperidine rings is 1. The molecule has 2 aromatic rings. The molecule has 1 spiro atoms. The summed E-state index contributed by atoms with van der Waals surface area (Å²) in [6, 6.07) is 8.36. The van der Waals surface area contributed by atoms with Crippen LogP contribution in [0.1, 0.15) is 41.5 Å². The number of phenols is 1. The van der Waals surface area contributed by atoms with Crippen molar-refractivity contribution in [3.8, 4) is 23.3 Å². The first-order chi connectivity index (χ1) is 17.1. The summed E-state index contributed by atoms with van der Waals surface area (Å²) in [6.07, 6.45) is -1.17. The first-order valence-electron chi connectivity index (χ1n) is 12.3. The number of aromatic hydroxyl groups is 1. The number of alkyl halides is 3. The van der Waals surface area contributed by atoms with Crippen LogP contribution < -0.4 is 4.74 Å². The van der Waals surface area contributed by atoms with E-state index in [1.54, 1.807) is 18.0 Å². The fraction of sp³-hybridized carbons (Fsp3) is 0.464. The van der Waals surface area contributed by atoms with E-state index in [2.05, 4.69) is 23.8 Å². The largest absolute Gasteiger partial charge is 0.504 e. The van der Waals surface area contributed by atoms with Crippen LogP contribution in [0.3, 0.4) is 0 Å². The number of hydrogen-bond acceptors (Lipinski definition) is 4. The first kappa shape index (κ1) is 23.2. The van der Waals surface area contributed by atoms with Crippen molar-refractivity contribution in [3.05, 3.63) is 58.7 Å². The van der Waals surface area contributed by atoms with Crippen molar-refractivity contribution in [2.45, 2.75) is 55.5 Å². The maximum atomic E-state index is 13.1. The van der Waals surface area contributed by atoms with Gasteiger partial charge >= 0.3 is 6.18 Å². The smallest absolute Gasteiger partial charge is 0.416 e. The average molecular weight is 497 g/mol. The number of carbonyl (C=O) groups excluding carboxylic acids is 1. The number of rotatable bonds is 1. The molecule has 5 atom stereocenters. The van der Waals surface area contributed by atoms with Crippen molar-refractivity contribution in [1.29, 1.82) is 0 Å². The molecule has 1 saturated heterocycles. The Morgan fingerprint density at radius 2 is 1.94 bits per heavy atom.